The van der Waals surface area contributed by atoms with Gasteiger partial charge in [0.25, 0.3) is 0 Å². The lowest BCUT2D eigenvalue weighted by atomic mass is 10.2. The Morgan fingerprint density at radius 3 is 2.76 bits per heavy atom. The first-order chi connectivity index (χ1) is 8.15. The van der Waals surface area contributed by atoms with Gasteiger partial charge in [-0.1, -0.05) is 11.8 Å². The van der Waals surface area contributed by atoms with Crippen molar-refractivity contribution in [1.82, 2.24) is 9.97 Å². The fraction of sp³-hybridized carbons (Fsp3) is 0.200. The largest absolute Gasteiger partial charge is 0.403 e. The number of rotatable bonds is 4. The summed E-state index contributed by atoms with van der Waals surface area (Å²) >= 11 is 1.38. The molecule has 4 N–H and O–H groups in total. The van der Waals surface area contributed by atoms with Crippen LogP contribution in [0.3, 0.4) is 0 Å². The highest BCUT2D eigenvalue weighted by atomic mass is 32.2. The number of nitrogens with two attached hydrogens (primary N) is 1. The molecule has 6 nitrogen and oxygen atoms in total. The maximum absolute atomic E-state index is 9.04. The fourth-order valence-corrected chi connectivity index (χ4v) is 1.54. The molecule has 0 aliphatic heterocycles. The van der Waals surface area contributed by atoms with Gasteiger partial charge in [0.2, 0.25) is 0 Å². The van der Waals surface area contributed by atoms with Crippen LogP contribution in [0.4, 0.5) is 5.82 Å². The van der Waals surface area contributed by atoms with Crippen LogP contribution < -0.4 is 11.1 Å². The summed E-state index contributed by atoms with van der Waals surface area (Å²) in [5.74, 6) is 0.365. The Morgan fingerprint density at radius 1 is 1.59 bits per heavy atom. The topological polar surface area (TPSA) is 111 Å². The van der Waals surface area contributed by atoms with Crippen LogP contribution in [0.5, 0.6) is 0 Å². The summed E-state index contributed by atoms with van der Waals surface area (Å²) in [7, 11) is 0. The molecule has 0 spiro atoms. The van der Waals surface area contributed by atoms with Gasteiger partial charge in [-0.05, 0) is 13.2 Å². The summed E-state index contributed by atoms with van der Waals surface area (Å²) < 4.78 is 0. The van der Waals surface area contributed by atoms with Crippen LogP contribution >= 0.6 is 11.8 Å². The Bertz CT molecular complexity index is 502. The second-order valence-electron chi connectivity index (χ2n) is 3.02. The molecule has 0 aromatic carbocycles. The first kappa shape index (κ1) is 13.0. The van der Waals surface area contributed by atoms with E-state index >= 15 is 0 Å². The molecular weight excluding hydrogens is 236 g/mol. The summed E-state index contributed by atoms with van der Waals surface area (Å²) in [6.07, 6.45) is 4.14. The summed E-state index contributed by atoms with van der Waals surface area (Å²) in [6, 6.07) is 2.03. The Hall–Kier alpha value is -2.07. The van der Waals surface area contributed by atoms with E-state index in [1.165, 1.54) is 18.0 Å². The summed E-state index contributed by atoms with van der Waals surface area (Å²) in [4.78, 5) is 8.34. The van der Waals surface area contributed by atoms with Crippen LogP contribution in [-0.2, 0) is 0 Å². The predicted octanol–water partition coefficient (Wildman–Crippen LogP) is 1.24. The van der Waals surface area contributed by atoms with Crippen LogP contribution in [0.15, 0.2) is 17.1 Å². The molecule has 0 unspecified atom stereocenters. The lowest BCUT2D eigenvalue weighted by Gasteiger charge is -2.09. The molecule has 0 bridgehead atoms. The summed E-state index contributed by atoms with van der Waals surface area (Å²) in [5.41, 5.74) is 6.64. The van der Waals surface area contributed by atoms with Crippen LogP contribution in [-0.4, -0.2) is 22.4 Å². The van der Waals surface area contributed by atoms with Gasteiger partial charge in [0, 0.05) is 12.4 Å². The number of nitrogens with one attached hydrogen (secondary N) is 2. The highest BCUT2D eigenvalue weighted by Gasteiger charge is 2.11. The zero-order valence-corrected chi connectivity index (χ0v) is 10.3. The van der Waals surface area contributed by atoms with Crippen molar-refractivity contribution in [1.29, 1.82) is 10.7 Å². The molecule has 1 rings (SSSR count). The number of nitriles is 1. The van der Waals surface area contributed by atoms with Crippen LogP contribution in [0.25, 0.3) is 0 Å². The standard InChI is InChI=1S/C10H12N6S/c1-6-8(5-13)9(15-7(3-11)4-12)16-10(14-6)17-2/h3-4,11H,12H2,1-2H3,(H,14,15,16)/b7-4+,11-3?. The van der Waals surface area contributed by atoms with Crippen molar-refractivity contribution in [2.75, 3.05) is 11.6 Å². The summed E-state index contributed by atoms with van der Waals surface area (Å²) in [5, 5.41) is 19.5. The van der Waals surface area contributed by atoms with E-state index in [1.54, 1.807) is 6.92 Å². The zero-order chi connectivity index (χ0) is 12.8. The van der Waals surface area contributed by atoms with Gasteiger partial charge >= 0.3 is 0 Å². The van der Waals surface area contributed by atoms with Gasteiger partial charge in [0.15, 0.2) is 11.0 Å². The van der Waals surface area contributed by atoms with E-state index in [1.807, 2.05) is 12.3 Å². The molecule has 0 aliphatic rings. The molecule has 88 valence electrons. The minimum Gasteiger partial charge on any atom is -0.403 e. The second-order valence-corrected chi connectivity index (χ2v) is 3.80. The molecule has 0 amide bonds. The third kappa shape index (κ3) is 2.95. The van der Waals surface area contributed by atoms with E-state index in [9.17, 15) is 0 Å². The average Bonchev–Trinajstić information content (AvgIpc) is 2.35. The molecule has 0 saturated heterocycles. The van der Waals surface area contributed by atoms with Gasteiger partial charge in [0.05, 0.1) is 11.4 Å². The van der Waals surface area contributed by atoms with Gasteiger partial charge in [0.1, 0.15) is 11.6 Å². The van der Waals surface area contributed by atoms with Gasteiger partial charge in [-0.15, -0.1) is 0 Å². The Labute approximate surface area is 103 Å². The van der Waals surface area contributed by atoms with E-state index in [2.05, 4.69) is 15.3 Å². The molecule has 0 saturated carbocycles. The molecule has 1 aromatic rings. The molecule has 0 radical (unpaired) electrons. The van der Waals surface area contributed by atoms with Gasteiger partial charge in [-0.3, -0.25) is 0 Å². The number of anilines is 1. The molecule has 7 heteroatoms. The Kier molecular flexibility index (Phi) is 4.48. The number of allylic oxidation sites excluding steroid dienone is 1. The van der Waals surface area contributed by atoms with Gasteiger partial charge in [-0.2, -0.15) is 5.26 Å². The molecule has 1 aromatic heterocycles. The minimum atomic E-state index is 0.351. The maximum Gasteiger partial charge on any atom is 0.189 e. The number of thioether (sulfide) groups is 1. The van der Waals surface area contributed by atoms with Crippen molar-refractivity contribution in [2.45, 2.75) is 12.1 Å². The van der Waals surface area contributed by atoms with Gasteiger partial charge in [-0.25, -0.2) is 9.97 Å². The van der Waals surface area contributed by atoms with E-state index in [0.29, 0.717) is 27.9 Å². The SMILES string of the molecule is CSc1nc(C)c(C#N)c(N/C(C=N)=C/N)n1. The van der Waals surface area contributed by atoms with Crippen molar-refractivity contribution in [3.8, 4) is 6.07 Å². The van der Waals surface area contributed by atoms with Crippen LogP contribution in [0.1, 0.15) is 11.3 Å². The number of aromatic nitrogens is 2. The smallest absolute Gasteiger partial charge is 0.189 e. The zero-order valence-electron chi connectivity index (χ0n) is 9.48. The van der Waals surface area contributed by atoms with E-state index < -0.39 is 0 Å². The summed E-state index contributed by atoms with van der Waals surface area (Å²) in [6.45, 7) is 1.74. The number of aryl methyl sites for hydroxylation is 1. The molecule has 0 aliphatic carbocycles. The van der Waals surface area contributed by atoms with E-state index in [0.717, 1.165) is 6.21 Å². The average molecular weight is 248 g/mol. The van der Waals surface area contributed by atoms with Crippen LogP contribution in [0, 0.1) is 23.7 Å². The lowest BCUT2D eigenvalue weighted by molar-refractivity contribution is 0.931. The fourth-order valence-electron chi connectivity index (χ4n) is 1.13. The minimum absolute atomic E-state index is 0.351. The van der Waals surface area contributed by atoms with Crippen molar-refractivity contribution in [2.24, 2.45) is 5.73 Å². The second kappa shape index (κ2) is 5.86. The third-order valence-electron chi connectivity index (χ3n) is 1.96. The number of nitrogens with zero attached hydrogens (tertiary/aromatic N) is 3. The quantitative estimate of drug-likeness (QED) is 0.420. The van der Waals surface area contributed by atoms with Crippen molar-refractivity contribution >= 4 is 23.8 Å². The van der Waals surface area contributed by atoms with E-state index in [-0.39, 0.29) is 0 Å². The molecular formula is C10H12N6S. The lowest BCUT2D eigenvalue weighted by Crippen LogP contribution is -2.09. The number of hydrogen-bond donors (Lipinski definition) is 3. The van der Waals surface area contributed by atoms with Gasteiger partial charge < -0.3 is 16.5 Å². The first-order valence-electron chi connectivity index (χ1n) is 4.68. The number of hydrogen-bond acceptors (Lipinski definition) is 7. The van der Waals surface area contributed by atoms with E-state index in [4.69, 9.17) is 16.4 Å². The normalized spacial score (nSPS) is 10.8. The molecule has 0 atom stereocenters. The molecule has 17 heavy (non-hydrogen) atoms. The van der Waals surface area contributed by atoms with Crippen molar-refractivity contribution in [3.63, 3.8) is 0 Å². The van der Waals surface area contributed by atoms with Crippen molar-refractivity contribution in [3.05, 3.63) is 23.2 Å². The van der Waals surface area contributed by atoms with Crippen LogP contribution in [0.2, 0.25) is 0 Å². The predicted molar refractivity (Wildman–Crippen MR) is 67.9 cm³/mol. The first-order valence-corrected chi connectivity index (χ1v) is 5.90. The third-order valence-corrected chi connectivity index (χ3v) is 2.51. The molecule has 1 heterocycles. The highest BCUT2D eigenvalue weighted by Crippen LogP contribution is 2.20. The highest BCUT2D eigenvalue weighted by molar-refractivity contribution is 7.98. The maximum atomic E-state index is 9.04. The van der Waals surface area contributed by atoms with Crippen molar-refractivity contribution < 1.29 is 0 Å². The molecule has 0 fully saturated rings. The monoisotopic (exact) mass is 248 g/mol. The Balaban J connectivity index is 3.26. The Morgan fingerprint density at radius 2 is 2.29 bits per heavy atom.